The van der Waals surface area contributed by atoms with Crippen molar-refractivity contribution in [2.24, 2.45) is 16.7 Å². The van der Waals surface area contributed by atoms with Crippen LogP contribution in [0.2, 0.25) is 0 Å². The van der Waals surface area contributed by atoms with Crippen LogP contribution in [0.3, 0.4) is 0 Å². The van der Waals surface area contributed by atoms with Gasteiger partial charge in [-0.25, -0.2) is 9.97 Å². The summed E-state index contributed by atoms with van der Waals surface area (Å²) < 4.78 is 5.23. The van der Waals surface area contributed by atoms with Crippen LogP contribution in [-0.2, 0) is 0 Å². The molecule has 2 aliphatic rings. The number of nitrogens with one attached hydrogen (secondary N) is 2. The Bertz CT molecular complexity index is 895. The predicted octanol–water partition coefficient (Wildman–Crippen LogP) is 4.17. The lowest BCUT2D eigenvalue weighted by atomic mass is 9.71. The minimum Gasteiger partial charge on any atom is -0.497 e. The molecule has 6 nitrogen and oxygen atoms in total. The lowest BCUT2D eigenvalue weighted by molar-refractivity contribution is 0.0912. The third-order valence-electron chi connectivity index (χ3n) is 7.18. The zero-order chi connectivity index (χ0) is 19.9. The van der Waals surface area contributed by atoms with Crippen molar-refractivity contribution in [2.45, 2.75) is 46.1 Å². The second kappa shape index (κ2) is 6.76. The number of ether oxygens (including phenoxy) is 1. The number of hydrogen-bond acceptors (Lipinski definition) is 5. The predicted molar refractivity (Wildman–Crippen MR) is 109 cm³/mol. The zero-order valence-corrected chi connectivity index (χ0v) is 17.0. The number of nitrogens with zero attached hydrogens (tertiary/aromatic N) is 2. The van der Waals surface area contributed by atoms with Gasteiger partial charge in [0.2, 0.25) is 5.95 Å². The molecule has 148 valence electrons. The fraction of sp³-hybridized carbons (Fsp3) is 0.500. The van der Waals surface area contributed by atoms with Gasteiger partial charge >= 0.3 is 0 Å². The van der Waals surface area contributed by atoms with Crippen molar-refractivity contribution in [2.75, 3.05) is 12.4 Å². The maximum atomic E-state index is 12.8. The monoisotopic (exact) mass is 380 g/mol. The molecule has 0 saturated heterocycles. The van der Waals surface area contributed by atoms with Crippen LogP contribution >= 0.6 is 0 Å². The second-order valence-electron chi connectivity index (χ2n) is 8.83. The van der Waals surface area contributed by atoms with Crippen LogP contribution in [0.1, 0.15) is 50.5 Å². The summed E-state index contributed by atoms with van der Waals surface area (Å²) in [5.74, 6) is 1.53. The first-order valence-electron chi connectivity index (χ1n) is 9.87. The van der Waals surface area contributed by atoms with Crippen LogP contribution in [0.25, 0.3) is 0 Å². The number of carbonyl (C=O) groups is 1. The maximum Gasteiger partial charge on any atom is 0.270 e. The van der Waals surface area contributed by atoms with Crippen molar-refractivity contribution in [3.05, 3.63) is 42.2 Å². The first-order valence-corrected chi connectivity index (χ1v) is 9.87. The Labute approximate surface area is 166 Å². The second-order valence-corrected chi connectivity index (χ2v) is 8.83. The van der Waals surface area contributed by atoms with E-state index in [0.29, 0.717) is 23.0 Å². The normalized spacial score (nSPS) is 27.4. The SMILES string of the molecule is COc1cccc(Nc2nccc(C(=O)NC3C[C@]4(C)CCC3C4(C)C)n2)c1. The molecule has 2 aliphatic carbocycles. The smallest absolute Gasteiger partial charge is 0.270 e. The number of hydrogen-bond donors (Lipinski definition) is 2. The van der Waals surface area contributed by atoms with Crippen molar-refractivity contribution in [1.82, 2.24) is 15.3 Å². The van der Waals surface area contributed by atoms with E-state index >= 15 is 0 Å². The van der Waals surface area contributed by atoms with Crippen LogP contribution < -0.4 is 15.4 Å². The van der Waals surface area contributed by atoms with Gasteiger partial charge in [-0.1, -0.05) is 26.8 Å². The fourth-order valence-electron chi connectivity index (χ4n) is 5.07. The summed E-state index contributed by atoms with van der Waals surface area (Å²) in [5, 5.41) is 6.37. The highest BCUT2D eigenvalue weighted by molar-refractivity contribution is 5.92. The van der Waals surface area contributed by atoms with Crippen molar-refractivity contribution >= 4 is 17.5 Å². The van der Waals surface area contributed by atoms with Crippen molar-refractivity contribution in [3.63, 3.8) is 0 Å². The lowest BCUT2D eigenvalue weighted by Crippen LogP contribution is -2.40. The third-order valence-corrected chi connectivity index (χ3v) is 7.18. The summed E-state index contributed by atoms with van der Waals surface area (Å²) in [7, 11) is 1.62. The summed E-state index contributed by atoms with van der Waals surface area (Å²) in [5.41, 5.74) is 1.75. The summed E-state index contributed by atoms with van der Waals surface area (Å²) in [4.78, 5) is 21.5. The van der Waals surface area contributed by atoms with Gasteiger partial charge < -0.3 is 15.4 Å². The molecular weight excluding hydrogens is 352 g/mol. The van der Waals surface area contributed by atoms with E-state index in [9.17, 15) is 4.79 Å². The average Bonchev–Trinajstić information content (AvgIpc) is 3.01. The van der Waals surface area contributed by atoms with Gasteiger partial charge in [-0.3, -0.25) is 4.79 Å². The van der Waals surface area contributed by atoms with Gasteiger partial charge in [-0.05, 0) is 54.2 Å². The van der Waals surface area contributed by atoms with Crippen LogP contribution in [0.4, 0.5) is 11.6 Å². The molecule has 28 heavy (non-hydrogen) atoms. The number of carbonyl (C=O) groups excluding carboxylic acids is 1. The van der Waals surface area contributed by atoms with E-state index < -0.39 is 0 Å². The maximum absolute atomic E-state index is 12.8. The molecule has 2 fully saturated rings. The Morgan fingerprint density at radius 1 is 1.25 bits per heavy atom. The largest absolute Gasteiger partial charge is 0.497 e. The number of aromatic nitrogens is 2. The molecule has 2 unspecified atom stereocenters. The number of fused-ring (bicyclic) bond motifs is 2. The summed E-state index contributed by atoms with van der Waals surface area (Å²) in [6, 6.07) is 9.38. The average molecular weight is 380 g/mol. The zero-order valence-electron chi connectivity index (χ0n) is 17.0. The van der Waals surface area contributed by atoms with E-state index in [1.807, 2.05) is 24.3 Å². The number of rotatable bonds is 5. The molecule has 2 bridgehead atoms. The van der Waals surface area contributed by atoms with Gasteiger partial charge in [-0.15, -0.1) is 0 Å². The molecular formula is C22H28N4O2. The van der Waals surface area contributed by atoms with Gasteiger partial charge in [0.25, 0.3) is 5.91 Å². The summed E-state index contributed by atoms with van der Waals surface area (Å²) in [6.45, 7) is 7.05. The molecule has 0 radical (unpaired) electrons. The highest BCUT2D eigenvalue weighted by Crippen LogP contribution is 2.65. The minimum absolute atomic E-state index is 0.131. The number of anilines is 2. The van der Waals surface area contributed by atoms with Crippen LogP contribution in [0, 0.1) is 16.7 Å². The Kier molecular flexibility index (Phi) is 4.52. The van der Waals surface area contributed by atoms with Crippen molar-refractivity contribution in [1.29, 1.82) is 0 Å². The van der Waals surface area contributed by atoms with Crippen LogP contribution in [0.5, 0.6) is 5.75 Å². The van der Waals surface area contributed by atoms with Crippen molar-refractivity contribution < 1.29 is 9.53 Å². The number of methoxy groups -OCH3 is 1. The standard InChI is InChI=1S/C22H28N4O2/c1-21(2)16-8-10-22(21,3)13-18(16)25-19(27)17-9-11-23-20(26-17)24-14-6-5-7-15(12-14)28-4/h5-7,9,11-12,16,18H,8,10,13H2,1-4H3,(H,25,27)(H,23,24,26)/t16?,18?,22-/m0/s1. The Hall–Kier alpha value is -2.63. The van der Waals surface area contributed by atoms with Gasteiger partial charge in [0.15, 0.2) is 0 Å². The van der Waals surface area contributed by atoms with E-state index in [1.54, 1.807) is 19.4 Å². The van der Waals surface area contributed by atoms with E-state index in [0.717, 1.165) is 17.9 Å². The molecule has 1 heterocycles. The van der Waals surface area contributed by atoms with Crippen molar-refractivity contribution in [3.8, 4) is 5.75 Å². The molecule has 2 N–H and O–H groups in total. The molecule has 1 aromatic carbocycles. The molecule has 1 amide bonds. The summed E-state index contributed by atoms with van der Waals surface area (Å²) in [6.07, 6.45) is 5.08. The third kappa shape index (κ3) is 3.11. The lowest BCUT2D eigenvalue weighted by Gasteiger charge is -2.33. The van der Waals surface area contributed by atoms with Gasteiger partial charge in [0.1, 0.15) is 11.4 Å². The Balaban J connectivity index is 1.46. The molecule has 6 heteroatoms. The first kappa shape index (κ1) is 18.7. The van der Waals surface area contributed by atoms with E-state index in [2.05, 4.69) is 41.4 Å². The van der Waals surface area contributed by atoms with Crippen LogP contribution in [-0.4, -0.2) is 29.0 Å². The molecule has 3 atom stereocenters. The summed E-state index contributed by atoms with van der Waals surface area (Å²) >= 11 is 0. The number of amides is 1. The first-order chi connectivity index (χ1) is 13.3. The van der Waals surface area contributed by atoms with E-state index in [4.69, 9.17) is 4.74 Å². The molecule has 0 spiro atoms. The highest BCUT2D eigenvalue weighted by atomic mass is 16.5. The number of benzene rings is 1. The Morgan fingerprint density at radius 2 is 2.07 bits per heavy atom. The highest BCUT2D eigenvalue weighted by Gasteiger charge is 2.60. The van der Waals surface area contributed by atoms with E-state index in [1.165, 1.54) is 12.8 Å². The van der Waals surface area contributed by atoms with E-state index in [-0.39, 0.29) is 17.4 Å². The molecule has 4 rings (SSSR count). The fourth-order valence-corrected chi connectivity index (χ4v) is 5.07. The van der Waals surface area contributed by atoms with Gasteiger partial charge in [-0.2, -0.15) is 0 Å². The Morgan fingerprint density at radius 3 is 2.75 bits per heavy atom. The molecule has 2 saturated carbocycles. The molecule has 2 aromatic rings. The van der Waals surface area contributed by atoms with Gasteiger partial charge in [0.05, 0.1) is 7.11 Å². The topological polar surface area (TPSA) is 76.1 Å². The molecule has 0 aliphatic heterocycles. The molecule has 1 aromatic heterocycles. The van der Waals surface area contributed by atoms with Crippen LogP contribution in [0.15, 0.2) is 36.5 Å². The van der Waals surface area contributed by atoms with Gasteiger partial charge in [0, 0.05) is 24.0 Å². The minimum atomic E-state index is -0.131. The quantitative estimate of drug-likeness (QED) is 0.814.